The van der Waals surface area contributed by atoms with Crippen molar-refractivity contribution in [3.05, 3.63) is 82.1 Å². The van der Waals surface area contributed by atoms with Gasteiger partial charge in [0.25, 0.3) is 5.91 Å². The van der Waals surface area contributed by atoms with Crippen LogP contribution in [0.1, 0.15) is 53.5 Å². The van der Waals surface area contributed by atoms with Gasteiger partial charge < -0.3 is 10.6 Å². The number of nitrogens with one attached hydrogen (secondary N) is 2. The molecule has 2 aromatic carbocycles. The lowest BCUT2D eigenvalue weighted by Gasteiger charge is -2.15. The second-order valence-electron chi connectivity index (χ2n) is 7.11. The standard InChI is InChI=1S/C23H25ClN4O2/c1-4-20(29)26-19-12-10-18(11-13-19)15(2)25-23(30)21-16(3)27-28(22(21)24)14-17-8-6-5-7-9-17/h5-13,15H,4,14H2,1-3H3,(H,25,30)(H,26,29). The van der Waals surface area contributed by atoms with Crippen LogP contribution in [0.4, 0.5) is 5.69 Å². The van der Waals surface area contributed by atoms with Gasteiger partial charge in [0.2, 0.25) is 5.91 Å². The predicted molar refractivity (Wildman–Crippen MR) is 119 cm³/mol. The van der Waals surface area contributed by atoms with E-state index in [1.165, 1.54) is 0 Å². The maximum Gasteiger partial charge on any atom is 0.256 e. The van der Waals surface area contributed by atoms with Gasteiger partial charge >= 0.3 is 0 Å². The number of amides is 2. The van der Waals surface area contributed by atoms with Crippen molar-refractivity contribution in [1.82, 2.24) is 15.1 Å². The van der Waals surface area contributed by atoms with Gasteiger partial charge in [0.1, 0.15) is 5.15 Å². The second kappa shape index (κ2) is 9.59. The molecule has 156 valence electrons. The zero-order chi connectivity index (χ0) is 21.7. The number of aryl methyl sites for hydroxylation is 1. The van der Waals surface area contributed by atoms with Crippen LogP contribution in [0.5, 0.6) is 0 Å². The van der Waals surface area contributed by atoms with Gasteiger partial charge in [0.05, 0.1) is 23.8 Å². The molecule has 0 aliphatic heterocycles. The van der Waals surface area contributed by atoms with E-state index in [2.05, 4.69) is 15.7 Å². The summed E-state index contributed by atoms with van der Waals surface area (Å²) in [5, 5.41) is 10.5. The lowest BCUT2D eigenvalue weighted by atomic mass is 10.1. The maximum atomic E-state index is 12.9. The molecule has 2 N–H and O–H groups in total. The number of anilines is 1. The van der Waals surface area contributed by atoms with Crippen molar-refractivity contribution in [1.29, 1.82) is 0 Å². The highest BCUT2D eigenvalue weighted by Gasteiger charge is 2.22. The van der Waals surface area contributed by atoms with Gasteiger partial charge in [0.15, 0.2) is 0 Å². The van der Waals surface area contributed by atoms with E-state index in [4.69, 9.17) is 11.6 Å². The molecule has 30 heavy (non-hydrogen) atoms. The molecule has 3 aromatic rings. The second-order valence-corrected chi connectivity index (χ2v) is 7.47. The van der Waals surface area contributed by atoms with Gasteiger partial charge in [-0.15, -0.1) is 0 Å². The number of hydrogen-bond donors (Lipinski definition) is 2. The number of hydrogen-bond acceptors (Lipinski definition) is 3. The summed E-state index contributed by atoms with van der Waals surface area (Å²) < 4.78 is 1.64. The van der Waals surface area contributed by atoms with Crippen LogP contribution < -0.4 is 10.6 Å². The van der Waals surface area contributed by atoms with Gasteiger partial charge in [0, 0.05) is 12.1 Å². The van der Waals surface area contributed by atoms with E-state index in [0.29, 0.717) is 29.4 Å². The Morgan fingerprint density at radius 2 is 1.77 bits per heavy atom. The smallest absolute Gasteiger partial charge is 0.256 e. The number of carbonyl (C=O) groups excluding carboxylic acids is 2. The molecule has 0 bridgehead atoms. The van der Waals surface area contributed by atoms with Crippen LogP contribution in [-0.4, -0.2) is 21.6 Å². The molecule has 2 amide bonds. The summed E-state index contributed by atoms with van der Waals surface area (Å²) in [5.74, 6) is -0.311. The zero-order valence-corrected chi connectivity index (χ0v) is 18.0. The molecule has 0 saturated heterocycles. The summed E-state index contributed by atoms with van der Waals surface area (Å²) in [6.45, 7) is 5.97. The summed E-state index contributed by atoms with van der Waals surface area (Å²) >= 11 is 6.49. The maximum absolute atomic E-state index is 12.9. The van der Waals surface area contributed by atoms with E-state index >= 15 is 0 Å². The Morgan fingerprint density at radius 3 is 2.40 bits per heavy atom. The minimum absolute atomic E-state index is 0.0401. The van der Waals surface area contributed by atoms with Gasteiger partial charge in [-0.25, -0.2) is 4.68 Å². The van der Waals surface area contributed by atoms with Crippen LogP contribution in [0.3, 0.4) is 0 Å². The molecule has 0 aliphatic rings. The largest absolute Gasteiger partial charge is 0.345 e. The Kier molecular flexibility index (Phi) is 6.90. The molecule has 1 heterocycles. The molecular formula is C23H25ClN4O2. The van der Waals surface area contributed by atoms with Crippen molar-refractivity contribution in [2.75, 3.05) is 5.32 Å². The first-order chi connectivity index (χ1) is 14.4. The quantitative estimate of drug-likeness (QED) is 0.575. The van der Waals surface area contributed by atoms with Crippen LogP contribution in [0.25, 0.3) is 0 Å². The Hall–Kier alpha value is -3.12. The van der Waals surface area contributed by atoms with Gasteiger partial charge in [-0.05, 0) is 37.1 Å². The minimum atomic E-state index is -0.271. The average molecular weight is 425 g/mol. The third kappa shape index (κ3) is 5.07. The first-order valence-electron chi connectivity index (χ1n) is 9.86. The van der Waals surface area contributed by atoms with Crippen molar-refractivity contribution in [2.45, 2.75) is 39.8 Å². The minimum Gasteiger partial charge on any atom is -0.345 e. The number of nitrogens with zero attached hydrogens (tertiary/aromatic N) is 2. The number of aromatic nitrogens is 2. The summed E-state index contributed by atoms with van der Waals surface area (Å²) in [7, 11) is 0. The van der Waals surface area contributed by atoms with E-state index in [1.807, 2.05) is 61.5 Å². The molecule has 0 radical (unpaired) electrons. The highest BCUT2D eigenvalue weighted by atomic mass is 35.5. The van der Waals surface area contributed by atoms with Crippen molar-refractivity contribution in [3.8, 4) is 0 Å². The molecule has 0 fully saturated rings. The lowest BCUT2D eigenvalue weighted by molar-refractivity contribution is -0.115. The first-order valence-corrected chi connectivity index (χ1v) is 10.2. The summed E-state index contributed by atoms with van der Waals surface area (Å²) in [6.07, 6.45) is 0.423. The van der Waals surface area contributed by atoms with Crippen LogP contribution in [0.2, 0.25) is 5.15 Å². The molecule has 7 heteroatoms. The fourth-order valence-corrected chi connectivity index (χ4v) is 3.45. The SMILES string of the molecule is CCC(=O)Nc1ccc(C(C)NC(=O)c2c(C)nn(Cc3ccccc3)c2Cl)cc1. The number of rotatable bonds is 7. The van der Waals surface area contributed by atoms with Crippen molar-refractivity contribution >= 4 is 29.1 Å². The predicted octanol–water partition coefficient (Wildman–Crippen LogP) is 4.73. The molecule has 1 aromatic heterocycles. The number of halogens is 1. The third-order valence-corrected chi connectivity index (χ3v) is 5.21. The molecule has 1 unspecified atom stereocenters. The number of benzene rings is 2. The van der Waals surface area contributed by atoms with Gasteiger partial charge in [-0.2, -0.15) is 5.10 Å². The lowest BCUT2D eigenvalue weighted by Crippen LogP contribution is -2.27. The topological polar surface area (TPSA) is 76.0 Å². The average Bonchev–Trinajstić information content (AvgIpc) is 3.02. The zero-order valence-electron chi connectivity index (χ0n) is 17.3. The Morgan fingerprint density at radius 1 is 1.10 bits per heavy atom. The highest BCUT2D eigenvalue weighted by Crippen LogP contribution is 2.23. The van der Waals surface area contributed by atoms with E-state index in [-0.39, 0.29) is 17.9 Å². The Labute approximate surface area is 181 Å². The van der Waals surface area contributed by atoms with Crippen molar-refractivity contribution < 1.29 is 9.59 Å². The van der Waals surface area contributed by atoms with E-state index in [0.717, 1.165) is 16.8 Å². The molecular weight excluding hydrogens is 400 g/mol. The molecule has 0 saturated carbocycles. The van der Waals surface area contributed by atoms with E-state index in [1.54, 1.807) is 18.5 Å². The Balaban J connectivity index is 1.70. The van der Waals surface area contributed by atoms with Crippen LogP contribution in [0, 0.1) is 6.92 Å². The van der Waals surface area contributed by atoms with E-state index in [9.17, 15) is 9.59 Å². The van der Waals surface area contributed by atoms with E-state index < -0.39 is 0 Å². The van der Waals surface area contributed by atoms with Crippen LogP contribution in [0.15, 0.2) is 54.6 Å². The van der Waals surface area contributed by atoms with Crippen molar-refractivity contribution in [3.63, 3.8) is 0 Å². The molecule has 6 nitrogen and oxygen atoms in total. The summed E-state index contributed by atoms with van der Waals surface area (Å²) in [4.78, 5) is 24.4. The van der Waals surface area contributed by atoms with Crippen LogP contribution in [-0.2, 0) is 11.3 Å². The molecule has 0 aliphatic carbocycles. The number of carbonyl (C=O) groups is 2. The van der Waals surface area contributed by atoms with Crippen molar-refractivity contribution in [2.24, 2.45) is 0 Å². The van der Waals surface area contributed by atoms with Gasteiger partial charge in [-0.3, -0.25) is 9.59 Å². The summed E-state index contributed by atoms with van der Waals surface area (Å²) in [5.41, 5.74) is 3.66. The first kappa shape index (κ1) is 21.6. The normalized spacial score (nSPS) is 11.7. The Bertz CT molecular complexity index is 1030. The fraction of sp³-hybridized carbons (Fsp3) is 0.261. The fourth-order valence-electron chi connectivity index (χ4n) is 3.13. The highest BCUT2D eigenvalue weighted by molar-refractivity contribution is 6.33. The van der Waals surface area contributed by atoms with Gasteiger partial charge in [-0.1, -0.05) is 61.0 Å². The third-order valence-electron chi connectivity index (χ3n) is 4.83. The molecule has 1 atom stereocenters. The van der Waals surface area contributed by atoms with Crippen LogP contribution >= 0.6 is 11.6 Å². The monoisotopic (exact) mass is 424 g/mol. The molecule has 3 rings (SSSR count). The molecule has 0 spiro atoms. The summed E-state index contributed by atoms with van der Waals surface area (Å²) in [6, 6.07) is 17.0.